The second kappa shape index (κ2) is 8.82. The summed E-state index contributed by atoms with van der Waals surface area (Å²) >= 11 is 0. The van der Waals surface area contributed by atoms with Crippen LogP contribution in [0.25, 0.3) is 0 Å². The van der Waals surface area contributed by atoms with E-state index in [4.69, 9.17) is 9.47 Å². The van der Waals surface area contributed by atoms with Crippen molar-refractivity contribution in [2.24, 2.45) is 0 Å². The first-order valence-corrected chi connectivity index (χ1v) is 10.0. The Hall–Kier alpha value is -2.28. The van der Waals surface area contributed by atoms with Crippen LogP contribution in [0.2, 0.25) is 0 Å². The summed E-state index contributed by atoms with van der Waals surface area (Å²) in [7, 11) is 0. The second-order valence-electron chi connectivity index (χ2n) is 8.44. The summed E-state index contributed by atoms with van der Waals surface area (Å²) < 4.78 is 11.0. The third kappa shape index (κ3) is 5.38. The third-order valence-electron chi connectivity index (χ3n) is 5.11. The van der Waals surface area contributed by atoms with Gasteiger partial charge in [-0.25, -0.2) is 9.59 Å². The second-order valence-corrected chi connectivity index (χ2v) is 8.44. The van der Waals surface area contributed by atoms with Gasteiger partial charge in [-0.05, 0) is 39.2 Å². The van der Waals surface area contributed by atoms with Crippen molar-refractivity contribution >= 4 is 12.2 Å². The number of rotatable bonds is 4. The first kappa shape index (κ1) is 20.5. The maximum atomic E-state index is 12.6. The van der Waals surface area contributed by atoms with Gasteiger partial charge in [0.2, 0.25) is 0 Å². The molecule has 2 heterocycles. The van der Waals surface area contributed by atoms with Gasteiger partial charge in [-0.1, -0.05) is 30.3 Å². The molecule has 0 spiro atoms. The molecule has 154 valence electrons. The summed E-state index contributed by atoms with van der Waals surface area (Å²) in [5, 5.41) is 3.34. The van der Waals surface area contributed by atoms with E-state index in [1.54, 1.807) is 9.80 Å². The number of nitrogens with zero attached hydrogens (tertiary/aromatic N) is 2. The molecule has 1 aromatic carbocycles. The number of ether oxygens (including phenoxy) is 2. The van der Waals surface area contributed by atoms with E-state index in [9.17, 15) is 9.59 Å². The predicted octanol–water partition coefficient (Wildman–Crippen LogP) is 3.00. The Bertz CT molecular complexity index is 674. The minimum absolute atomic E-state index is 0.0123. The number of nitrogens with one attached hydrogen (secondary N) is 1. The molecule has 7 heteroatoms. The smallest absolute Gasteiger partial charge is 0.410 e. The van der Waals surface area contributed by atoms with Crippen molar-refractivity contribution < 1.29 is 19.1 Å². The van der Waals surface area contributed by atoms with Crippen LogP contribution in [0.15, 0.2) is 30.3 Å². The van der Waals surface area contributed by atoms with Crippen LogP contribution in [-0.4, -0.2) is 65.9 Å². The van der Waals surface area contributed by atoms with E-state index < -0.39 is 5.60 Å². The van der Waals surface area contributed by atoms with Gasteiger partial charge in [0, 0.05) is 38.3 Å². The molecule has 2 aliphatic heterocycles. The van der Waals surface area contributed by atoms with E-state index in [0.717, 1.165) is 24.9 Å². The van der Waals surface area contributed by atoms with E-state index in [0.29, 0.717) is 19.6 Å². The van der Waals surface area contributed by atoms with Crippen LogP contribution >= 0.6 is 0 Å². The van der Waals surface area contributed by atoms with E-state index in [1.165, 1.54) is 0 Å². The highest BCUT2D eigenvalue weighted by Crippen LogP contribution is 2.26. The van der Waals surface area contributed by atoms with Crippen molar-refractivity contribution in [1.82, 2.24) is 15.1 Å². The summed E-state index contributed by atoms with van der Waals surface area (Å²) in [5.41, 5.74) is 0.455. The van der Waals surface area contributed by atoms with Crippen LogP contribution in [-0.2, 0) is 16.1 Å². The first-order chi connectivity index (χ1) is 13.3. The van der Waals surface area contributed by atoms with E-state index in [2.05, 4.69) is 5.32 Å². The number of carbonyl (C=O) groups is 2. The Balaban J connectivity index is 1.53. The van der Waals surface area contributed by atoms with E-state index in [1.807, 2.05) is 51.1 Å². The van der Waals surface area contributed by atoms with Crippen molar-refractivity contribution in [2.45, 2.75) is 57.9 Å². The lowest BCUT2D eigenvalue weighted by atomic mass is 9.94. The fourth-order valence-electron chi connectivity index (χ4n) is 3.57. The highest BCUT2D eigenvalue weighted by atomic mass is 16.6. The Morgan fingerprint density at radius 2 is 1.79 bits per heavy atom. The quantitative estimate of drug-likeness (QED) is 0.857. The van der Waals surface area contributed by atoms with Crippen molar-refractivity contribution in [3.8, 4) is 0 Å². The molecule has 2 atom stereocenters. The molecule has 2 fully saturated rings. The molecule has 2 amide bonds. The van der Waals surface area contributed by atoms with Gasteiger partial charge >= 0.3 is 12.2 Å². The van der Waals surface area contributed by atoms with Gasteiger partial charge in [-0.15, -0.1) is 0 Å². The normalized spacial score (nSPS) is 22.4. The molecule has 0 aromatic heterocycles. The largest absolute Gasteiger partial charge is 0.445 e. The zero-order chi connectivity index (χ0) is 20.1. The molecule has 28 heavy (non-hydrogen) atoms. The number of benzene rings is 1. The Kier molecular flexibility index (Phi) is 6.44. The SMILES string of the molecule is CC(C)(C)OC(=O)N1CCNC[C@H]1CC1CCN1C(=O)OCc1ccccc1. The van der Waals surface area contributed by atoms with Gasteiger partial charge < -0.3 is 24.6 Å². The van der Waals surface area contributed by atoms with Crippen LogP contribution in [0.4, 0.5) is 9.59 Å². The molecule has 1 aromatic rings. The molecule has 2 saturated heterocycles. The molecule has 7 nitrogen and oxygen atoms in total. The van der Waals surface area contributed by atoms with Gasteiger partial charge in [0.1, 0.15) is 12.2 Å². The molecular weight excluding hydrogens is 358 g/mol. The van der Waals surface area contributed by atoms with Crippen LogP contribution in [0.1, 0.15) is 39.2 Å². The average molecular weight is 389 g/mol. The number of hydrogen-bond acceptors (Lipinski definition) is 5. The molecular formula is C21H31N3O4. The average Bonchev–Trinajstić information content (AvgIpc) is 2.63. The molecule has 1 N–H and O–H groups in total. The lowest BCUT2D eigenvalue weighted by molar-refractivity contribution is -0.000732. The minimum atomic E-state index is -0.518. The zero-order valence-electron chi connectivity index (χ0n) is 17.0. The number of hydrogen-bond donors (Lipinski definition) is 1. The molecule has 3 rings (SSSR count). The lowest BCUT2D eigenvalue weighted by Crippen LogP contribution is -2.59. The van der Waals surface area contributed by atoms with Crippen molar-refractivity contribution in [2.75, 3.05) is 26.2 Å². The monoisotopic (exact) mass is 389 g/mol. The van der Waals surface area contributed by atoms with Crippen molar-refractivity contribution in [1.29, 1.82) is 0 Å². The van der Waals surface area contributed by atoms with Crippen LogP contribution in [0, 0.1) is 0 Å². The molecule has 0 saturated carbocycles. The maximum absolute atomic E-state index is 12.6. The van der Waals surface area contributed by atoms with Gasteiger partial charge in [0.05, 0.1) is 0 Å². The van der Waals surface area contributed by atoms with Crippen LogP contribution < -0.4 is 5.32 Å². The van der Waals surface area contributed by atoms with Crippen LogP contribution in [0.3, 0.4) is 0 Å². The van der Waals surface area contributed by atoms with Crippen molar-refractivity contribution in [3.05, 3.63) is 35.9 Å². The highest BCUT2D eigenvalue weighted by molar-refractivity contribution is 5.70. The van der Waals surface area contributed by atoms with Gasteiger partial charge in [-0.2, -0.15) is 0 Å². The summed E-state index contributed by atoms with van der Waals surface area (Å²) in [6.45, 7) is 8.68. The molecule has 2 aliphatic rings. The van der Waals surface area contributed by atoms with Gasteiger partial charge in [0.25, 0.3) is 0 Å². The highest BCUT2D eigenvalue weighted by Gasteiger charge is 2.38. The van der Waals surface area contributed by atoms with Crippen molar-refractivity contribution in [3.63, 3.8) is 0 Å². The molecule has 0 bridgehead atoms. The fraction of sp³-hybridized carbons (Fsp3) is 0.619. The standard InChI is InChI=1S/C21H31N3O4/c1-21(2,3)28-20(26)24-12-10-22-14-18(24)13-17-9-11-23(17)19(25)27-15-16-7-5-4-6-8-16/h4-8,17-18,22H,9-15H2,1-3H3/t17?,18-/m1/s1. The molecule has 1 unspecified atom stereocenters. The predicted molar refractivity (Wildman–Crippen MR) is 106 cm³/mol. The number of carbonyl (C=O) groups excluding carboxylic acids is 2. The minimum Gasteiger partial charge on any atom is -0.445 e. The summed E-state index contributed by atoms with van der Waals surface area (Å²) in [5.74, 6) is 0. The zero-order valence-corrected chi connectivity index (χ0v) is 17.0. The number of piperazine rings is 1. The third-order valence-corrected chi connectivity index (χ3v) is 5.11. The molecule has 0 radical (unpaired) electrons. The maximum Gasteiger partial charge on any atom is 0.410 e. The summed E-state index contributed by atoms with van der Waals surface area (Å²) in [6.07, 6.45) is 1.09. The van der Waals surface area contributed by atoms with Crippen LogP contribution in [0.5, 0.6) is 0 Å². The fourth-order valence-corrected chi connectivity index (χ4v) is 3.57. The van der Waals surface area contributed by atoms with E-state index >= 15 is 0 Å². The first-order valence-electron chi connectivity index (χ1n) is 10.0. The Labute approximate surface area is 167 Å². The molecule has 0 aliphatic carbocycles. The van der Waals surface area contributed by atoms with Gasteiger partial charge in [-0.3, -0.25) is 0 Å². The number of amides is 2. The topological polar surface area (TPSA) is 71.1 Å². The van der Waals surface area contributed by atoms with E-state index in [-0.39, 0.29) is 30.9 Å². The summed E-state index contributed by atoms with van der Waals surface area (Å²) in [4.78, 5) is 28.6. The van der Waals surface area contributed by atoms with Gasteiger partial charge in [0.15, 0.2) is 0 Å². The lowest BCUT2D eigenvalue weighted by Gasteiger charge is -2.45. The Morgan fingerprint density at radius 1 is 1.07 bits per heavy atom. The number of likely N-dealkylation sites (tertiary alicyclic amines) is 1. The summed E-state index contributed by atoms with van der Waals surface area (Å²) in [6, 6.07) is 9.77. The Morgan fingerprint density at radius 3 is 2.43 bits per heavy atom.